The van der Waals surface area contributed by atoms with E-state index in [2.05, 4.69) is 36.5 Å². The van der Waals surface area contributed by atoms with Crippen molar-refractivity contribution in [3.8, 4) is 0 Å². The van der Waals surface area contributed by atoms with Crippen LogP contribution in [0.2, 0.25) is 0 Å². The van der Waals surface area contributed by atoms with Crippen LogP contribution in [0.25, 0.3) is 0 Å². The van der Waals surface area contributed by atoms with E-state index < -0.39 is 0 Å². The number of hydrogen-bond donors (Lipinski definition) is 1. The van der Waals surface area contributed by atoms with Gasteiger partial charge in [0.2, 0.25) is 0 Å². The van der Waals surface area contributed by atoms with Crippen LogP contribution in [-0.4, -0.2) is 12.3 Å². The molecule has 1 radical (unpaired) electrons. The number of aldehydes is 1. The minimum Gasteiger partial charge on any atom is -0.378 e. The first-order chi connectivity index (χ1) is 7.78. The molecule has 0 fully saturated rings. The van der Waals surface area contributed by atoms with Gasteiger partial charge in [-0.3, -0.25) is 4.79 Å². The van der Waals surface area contributed by atoms with Crippen LogP contribution in [0.1, 0.15) is 5.56 Å². The van der Waals surface area contributed by atoms with Crippen molar-refractivity contribution in [2.45, 2.75) is 13.0 Å². The molecule has 0 aliphatic heterocycles. The van der Waals surface area contributed by atoms with Crippen molar-refractivity contribution in [2.24, 2.45) is 0 Å². The van der Waals surface area contributed by atoms with Crippen molar-refractivity contribution in [3.05, 3.63) is 60.1 Å². The molecule has 0 bridgehead atoms. The van der Waals surface area contributed by atoms with E-state index in [4.69, 9.17) is 0 Å². The van der Waals surface area contributed by atoms with Gasteiger partial charge < -0.3 is 5.32 Å². The summed E-state index contributed by atoms with van der Waals surface area (Å²) >= 11 is 0. The smallest absolute Gasteiger partial charge is 0.149 e. The van der Waals surface area contributed by atoms with Crippen LogP contribution in [0.15, 0.2) is 48.1 Å². The number of rotatable bonds is 3. The average Bonchev–Trinajstić information content (AvgIpc) is 2.33. The van der Waals surface area contributed by atoms with Crippen molar-refractivity contribution in [1.82, 2.24) is 0 Å². The first kappa shape index (κ1) is 10.7. The summed E-state index contributed by atoms with van der Waals surface area (Å²) in [6.07, 6.45) is 8.47. The number of aryl methyl sites for hydroxylation is 1. The van der Waals surface area contributed by atoms with E-state index >= 15 is 0 Å². The van der Waals surface area contributed by atoms with Crippen LogP contribution in [0, 0.1) is 13.3 Å². The second-order valence-electron chi connectivity index (χ2n) is 3.87. The fraction of sp³-hybridized carbons (Fsp3) is 0.143. The molecule has 2 nitrogen and oxygen atoms in total. The molecule has 2 rings (SSSR count). The molecule has 0 saturated heterocycles. The van der Waals surface area contributed by atoms with Gasteiger partial charge in [0.15, 0.2) is 0 Å². The summed E-state index contributed by atoms with van der Waals surface area (Å²) in [5.41, 5.74) is 3.04. The summed E-state index contributed by atoms with van der Waals surface area (Å²) in [6.45, 7) is 2.06. The number of anilines is 1. The zero-order valence-corrected chi connectivity index (χ0v) is 9.18. The van der Waals surface area contributed by atoms with Gasteiger partial charge in [-0.25, -0.2) is 0 Å². The highest BCUT2D eigenvalue weighted by Gasteiger charge is 2.07. The van der Waals surface area contributed by atoms with E-state index in [-0.39, 0.29) is 6.04 Å². The summed E-state index contributed by atoms with van der Waals surface area (Å²) in [7, 11) is 0. The van der Waals surface area contributed by atoms with E-state index in [9.17, 15) is 4.79 Å². The normalized spacial score (nSPS) is 19.1. The van der Waals surface area contributed by atoms with Crippen LogP contribution in [0.3, 0.4) is 0 Å². The van der Waals surface area contributed by atoms with Gasteiger partial charge in [0.25, 0.3) is 0 Å². The van der Waals surface area contributed by atoms with E-state index in [0.717, 1.165) is 12.0 Å². The van der Waals surface area contributed by atoms with E-state index in [1.807, 2.05) is 24.6 Å². The molecule has 0 amide bonds. The topological polar surface area (TPSA) is 29.1 Å². The van der Waals surface area contributed by atoms with Crippen LogP contribution >= 0.6 is 0 Å². The molecule has 1 aromatic carbocycles. The number of carbonyl (C=O) groups excluding carboxylic acids is 1. The lowest BCUT2D eigenvalue weighted by Gasteiger charge is -2.17. The average molecular weight is 212 g/mol. The Kier molecular flexibility index (Phi) is 3.20. The molecule has 0 heterocycles. The van der Waals surface area contributed by atoms with Crippen molar-refractivity contribution < 1.29 is 4.79 Å². The lowest BCUT2D eigenvalue weighted by molar-refractivity contribution is -0.104. The zero-order valence-electron chi connectivity index (χ0n) is 9.18. The van der Waals surface area contributed by atoms with Crippen LogP contribution in [0.4, 0.5) is 5.69 Å². The molecule has 2 heteroatoms. The zero-order chi connectivity index (χ0) is 11.4. The number of benzene rings is 1. The molecule has 1 aromatic rings. The monoisotopic (exact) mass is 212 g/mol. The second-order valence-corrected chi connectivity index (χ2v) is 3.87. The van der Waals surface area contributed by atoms with Gasteiger partial charge in [-0.05, 0) is 19.1 Å². The first-order valence-corrected chi connectivity index (χ1v) is 5.30. The third-order valence-corrected chi connectivity index (χ3v) is 2.51. The Morgan fingerprint density at radius 3 is 2.56 bits per heavy atom. The van der Waals surface area contributed by atoms with Crippen LogP contribution < -0.4 is 5.32 Å². The number of hydrogen-bond acceptors (Lipinski definition) is 2. The maximum absolute atomic E-state index is 10.5. The number of allylic oxidation sites excluding steroid dienone is 2. The van der Waals surface area contributed by atoms with Gasteiger partial charge in [-0.2, -0.15) is 0 Å². The number of carbonyl (C=O) groups is 1. The summed E-state index contributed by atoms with van der Waals surface area (Å²) < 4.78 is 0. The molecule has 1 aliphatic rings. The molecule has 1 atom stereocenters. The highest BCUT2D eigenvalue weighted by molar-refractivity contribution is 5.78. The molecule has 1 N–H and O–H groups in total. The fourth-order valence-corrected chi connectivity index (χ4v) is 1.57. The Bertz CT molecular complexity index is 429. The maximum Gasteiger partial charge on any atom is 0.149 e. The molecule has 1 unspecified atom stereocenters. The van der Waals surface area contributed by atoms with Gasteiger partial charge in [-0.1, -0.05) is 35.9 Å². The first-order valence-electron chi connectivity index (χ1n) is 5.30. The third kappa shape index (κ3) is 2.60. The minimum absolute atomic E-state index is 0.159. The summed E-state index contributed by atoms with van der Waals surface area (Å²) in [6, 6.07) is 8.40. The lowest BCUT2D eigenvalue weighted by Crippen LogP contribution is -2.18. The predicted octanol–water partition coefficient (Wildman–Crippen LogP) is 2.67. The van der Waals surface area contributed by atoms with Gasteiger partial charge in [0, 0.05) is 17.7 Å². The van der Waals surface area contributed by atoms with Crippen LogP contribution in [0.5, 0.6) is 0 Å². The van der Waals surface area contributed by atoms with Crippen molar-refractivity contribution in [3.63, 3.8) is 0 Å². The van der Waals surface area contributed by atoms with Crippen molar-refractivity contribution >= 4 is 12.0 Å². The molecule has 1 aliphatic carbocycles. The maximum atomic E-state index is 10.5. The Hall–Kier alpha value is -1.83. The van der Waals surface area contributed by atoms with E-state index in [1.165, 1.54) is 5.56 Å². The van der Waals surface area contributed by atoms with Crippen molar-refractivity contribution in [2.75, 3.05) is 5.32 Å². The molecule has 16 heavy (non-hydrogen) atoms. The molecule has 0 spiro atoms. The standard InChI is InChI=1S/C14H14NO/c1-11-2-6-13(7-3-11)15-14-8-4-12(10-16)5-9-14/h2-10,14-15H,1H3. The molecular weight excluding hydrogens is 198 g/mol. The number of nitrogens with one attached hydrogen (secondary N) is 1. The highest BCUT2D eigenvalue weighted by Crippen LogP contribution is 2.15. The molecular formula is C14H14NO. The second kappa shape index (κ2) is 4.79. The molecule has 0 saturated carbocycles. The van der Waals surface area contributed by atoms with Gasteiger partial charge in [0.1, 0.15) is 6.29 Å². The Morgan fingerprint density at radius 2 is 2.00 bits per heavy atom. The molecule has 81 valence electrons. The lowest BCUT2D eigenvalue weighted by atomic mass is 10.0. The Labute approximate surface area is 95.7 Å². The molecule has 0 aromatic heterocycles. The summed E-state index contributed by atoms with van der Waals surface area (Å²) in [5.74, 6) is 0. The van der Waals surface area contributed by atoms with Gasteiger partial charge >= 0.3 is 0 Å². The van der Waals surface area contributed by atoms with Gasteiger partial charge in [0.05, 0.1) is 6.04 Å². The summed E-state index contributed by atoms with van der Waals surface area (Å²) in [5, 5.41) is 3.35. The largest absolute Gasteiger partial charge is 0.378 e. The highest BCUT2D eigenvalue weighted by atomic mass is 16.1. The Balaban J connectivity index is 1.97. The SMILES string of the molecule is Cc1ccc(NC2[CH]C=C(C=O)C=C2)cc1. The van der Waals surface area contributed by atoms with E-state index in [0.29, 0.717) is 5.57 Å². The quantitative estimate of drug-likeness (QED) is 0.780. The predicted molar refractivity (Wildman–Crippen MR) is 66.2 cm³/mol. The van der Waals surface area contributed by atoms with Crippen LogP contribution in [-0.2, 0) is 4.79 Å². The summed E-state index contributed by atoms with van der Waals surface area (Å²) in [4.78, 5) is 10.5. The minimum atomic E-state index is 0.159. The fourth-order valence-electron chi connectivity index (χ4n) is 1.57. The Morgan fingerprint density at radius 1 is 1.25 bits per heavy atom. The van der Waals surface area contributed by atoms with Gasteiger partial charge in [-0.15, -0.1) is 0 Å². The van der Waals surface area contributed by atoms with E-state index in [1.54, 1.807) is 0 Å². The van der Waals surface area contributed by atoms with Crippen molar-refractivity contribution in [1.29, 1.82) is 0 Å². The third-order valence-electron chi connectivity index (χ3n) is 2.51.